The highest BCUT2D eigenvalue weighted by molar-refractivity contribution is 5.77. The summed E-state index contributed by atoms with van der Waals surface area (Å²) in [5, 5.41) is 0. The lowest BCUT2D eigenvalue weighted by Gasteiger charge is -2.42. The van der Waals surface area contributed by atoms with Gasteiger partial charge in [-0.3, -0.25) is 4.79 Å². The highest BCUT2D eigenvalue weighted by atomic mass is 19.3. The van der Waals surface area contributed by atoms with Gasteiger partial charge in [-0.25, -0.2) is 15.0 Å². The van der Waals surface area contributed by atoms with E-state index in [9.17, 15) is 13.6 Å². The van der Waals surface area contributed by atoms with Crippen LogP contribution >= 0.6 is 0 Å². The smallest absolute Gasteiger partial charge is 0.387 e. The van der Waals surface area contributed by atoms with Gasteiger partial charge in [0.1, 0.15) is 11.4 Å². The molecule has 210 valence electrons. The Kier molecular flexibility index (Phi) is 7.69. The summed E-state index contributed by atoms with van der Waals surface area (Å²) in [6.45, 7) is 4.49. The Morgan fingerprint density at radius 2 is 1.75 bits per heavy atom. The Labute approximate surface area is 232 Å². The number of hydrogen-bond donors (Lipinski definition) is 0. The van der Waals surface area contributed by atoms with E-state index >= 15 is 0 Å². The van der Waals surface area contributed by atoms with Crippen LogP contribution in [0, 0.1) is 18.3 Å². The molecule has 3 aromatic heterocycles. The number of para-hydroxylation sites is 1. The molecule has 1 saturated heterocycles. The second kappa shape index (κ2) is 11.2. The molecule has 5 rings (SSSR count). The number of rotatable bonds is 8. The molecule has 4 heterocycles. The fourth-order valence-electron chi connectivity index (χ4n) is 5.60. The zero-order valence-corrected chi connectivity index (χ0v) is 23.1. The monoisotopic (exact) mass is 549 g/mol. The van der Waals surface area contributed by atoms with E-state index in [-0.39, 0.29) is 17.6 Å². The maximum atomic E-state index is 12.9. The number of halogens is 2. The molecule has 0 amide bonds. The van der Waals surface area contributed by atoms with Gasteiger partial charge in [0.2, 0.25) is 5.95 Å². The molecule has 0 atom stereocenters. The van der Waals surface area contributed by atoms with Gasteiger partial charge >= 0.3 is 12.6 Å². The van der Waals surface area contributed by atoms with Crippen molar-refractivity contribution in [1.82, 2.24) is 19.4 Å². The van der Waals surface area contributed by atoms with Crippen LogP contribution in [0.4, 0.5) is 14.7 Å². The summed E-state index contributed by atoms with van der Waals surface area (Å²) in [6, 6.07) is 10.7. The largest absolute Gasteiger partial charge is 0.469 e. The van der Waals surface area contributed by atoms with E-state index < -0.39 is 12.0 Å². The van der Waals surface area contributed by atoms with Crippen molar-refractivity contribution in [2.75, 3.05) is 25.1 Å². The quantitative estimate of drug-likeness (QED) is 0.261. The average Bonchev–Trinajstić information content (AvgIpc) is 3.27. The minimum Gasteiger partial charge on any atom is -0.469 e. The lowest BCUT2D eigenvalue weighted by Crippen LogP contribution is -2.48. The topological polar surface area (TPSA) is 81.8 Å². The highest BCUT2D eigenvalue weighted by Gasteiger charge is 2.45. The van der Waals surface area contributed by atoms with E-state index in [1.807, 2.05) is 29.7 Å². The fraction of sp³-hybridized carbons (Fsp3) is 0.400. The van der Waals surface area contributed by atoms with Crippen LogP contribution in [0.5, 0.6) is 5.75 Å². The first kappa shape index (κ1) is 27.5. The number of esters is 1. The molecule has 0 saturated carbocycles. The van der Waals surface area contributed by atoms with Gasteiger partial charge in [-0.2, -0.15) is 8.78 Å². The Hall–Kier alpha value is -4.08. The number of benzene rings is 1. The van der Waals surface area contributed by atoms with Gasteiger partial charge in [-0.05, 0) is 43.9 Å². The summed E-state index contributed by atoms with van der Waals surface area (Å²) >= 11 is 0. The zero-order chi connectivity index (χ0) is 28.4. The van der Waals surface area contributed by atoms with Crippen molar-refractivity contribution in [3.8, 4) is 16.9 Å². The molecule has 0 spiro atoms. The Morgan fingerprint density at radius 1 is 1.05 bits per heavy atom. The van der Waals surface area contributed by atoms with Crippen LogP contribution < -0.4 is 9.64 Å². The molecule has 1 aliphatic heterocycles. The molecule has 40 heavy (non-hydrogen) atoms. The van der Waals surface area contributed by atoms with E-state index in [4.69, 9.17) is 9.47 Å². The number of hydrogen-bond acceptors (Lipinski definition) is 7. The van der Waals surface area contributed by atoms with Crippen molar-refractivity contribution in [3.05, 3.63) is 71.9 Å². The average molecular weight is 550 g/mol. The number of aryl methyl sites for hydroxylation is 1. The molecule has 1 aromatic carbocycles. The lowest BCUT2D eigenvalue weighted by atomic mass is 9.70. The van der Waals surface area contributed by atoms with Crippen LogP contribution in [0.3, 0.4) is 0 Å². The van der Waals surface area contributed by atoms with Crippen molar-refractivity contribution in [3.63, 3.8) is 0 Å². The fourth-order valence-corrected chi connectivity index (χ4v) is 5.60. The van der Waals surface area contributed by atoms with E-state index in [2.05, 4.69) is 33.7 Å². The standard InChI is InChI=1S/C30H33F2N5O3/c1-19(2)30(27(38)39-4)11-13-36(14-12-30)29-33-16-23(17-34-29)22-9-10-26-35-20(3)24(37(26)18-22)15-21-7-5-6-8-25(21)40-28(31)32/h5-10,16-19,28H,11-15H2,1-4H3. The van der Waals surface area contributed by atoms with Crippen LogP contribution in [-0.4, -0.2) is 52.1 Å². The van der Waals surface area contributed by atoms with Crippen molar-refractivity contribution in [2.45, 2.75) is 46.6 Å². The van der Waals surface area contributed by atoms with Gasteiger partial charge in [-0.1, -0.05) is 32.0 Å². The Morgan fingerprint density at radius 3 is 2.40 bits per heavy atom. The van der Waals surface area contributed by atoms with Gasteiger partial charge in [0.15, 0.2) is 0 Å². The first-order valence-corrected chi connectivity index (χ1v) is 13.4. The maximum absolute atomic E-state index is 12.9. The van der Waals surface area contributed by atoms with Crippen LogP contribution in [0.1, 0.15) is 43.6 Å². The number of carbonyl (C=O) groups is 1. The number of imidazole rings is 1. The molecule has 1 aliphatic rings. The Balaban J connectivity index is 1.37. The second-order valence-electron chi connectivity index (χ2n) is 10.5. The number of piperidine rings is 1. The number of pyridine rings is 1. The summed E-state index contributed by atoms with van der Waals surface area (Å²) in [5.74, 6) is 0.819. The SMILES string of the molecule is COC(=O)C1(C(C)C)CCN(c2ncc(-c3ccc4nc(C)c(Cc5ccccc5OC(F)F)n4c3)cn2)CC1. The van der Waals surface area contributed by atoms with Gasteiger partial charge in [0.25, 0.3) is 0 Å². The third-order valence-corrected chi connectivity index (χ3v) is 8.07. The summed E-state index contributed by atoms with van der Waals surface area (Å²) < 4.78 is 37.7. The number of aromatic nitrogens is 4. The minimum absolute atomic E-state index is 0.145. The number of fused-ring (bicyclic) bond motifs is 1. The molecular weight excluding hydrogens is 516 g/mol. The molecule has 8 nitrogen and oxygen atoms in total. The summed E-state index contributed by atoms with van der Waals surface area (Å²) in [6.07, 6.45) is 7.31. The zero-order valence-electron chi connectivity index (χ0n) is 23.1. The maximum Gasteiger partial charge on any atom is 0.387 e. The molecule has 0 N–H and O–H groups in total. The molecule has 0 aliphatic carbocycles. The third-order valence-electron chi connectivity index (χ3n) is 8.07. The van der Waals surface area contributed by atoms with Crippen LogP contribution in [0.25, 0.3) is 16.8 Å². The highest BCUT2D eigenvalue weighted by Crippen LogP contribution is 2.40. The number of ether oxygens (including phenoxy) is 2. The van der Waals surface area contributed by atoms with Gasteiger partial charge in [0.05, 0.1) is 18.2 Å². The van der Waals surface area contributed by atoms with Crippen LogP contribution in [0.2, 0.25) is 0 Å². The van der Waals surface area contributed by atoms with E-state index in [1.54, 1.807) is 36.7 Å². The normalized spacial score (nSPS) is 15.2. The minimum atomic E-state index is -2.89. The number of methoxy groups -OCH3 is 1. The van der Waals surface area contributed by atoms with E-state index in [0.717, 1.165) is 28.2 Å². The summed E-state index contributed by atoms with van der Waals surface area (Å²) in [7, 11) is 1.45. The molecule has 0 unspecified atom stereocenters. The number of alkyl halides is 2. The van der Waals surface area contributed by atoms with Crippen LogP contribution in [-0.2, 0) is 16.0 Å². The molecule has 0 radical (unpaired) electrons. The second-order valence-corrected chi connectivity index (χ2v) is 10.5. The van der Waals surface area contributed by atoms with Crippen molar-refractivity contribution in [2.24, 2.45) is 11.3 Å². The number of nitrogens with zero attached hydrogens (tertiary/aromatic N) is 5. The van der Waals surface area contributed by atoms with Crippen molar-refractivity contribution in [1.29, 1.82) is 0 Å². The summed E-state index contributed by atoms with van der Waals surface area (Å²) in [4.78, 5) is 28.6. The molecule has 4 aromatic rings. The first-order valence-electron chi connectivity index (χ1n) is 13.4. The van der Waals surface area contributed by atoms with Gasteiger partial charge in [0, 0.05) is 60.5 Å². The van der Waals surface area contributed by atoms with Gasteiger partial charge in [-0.15, -0.1) is 0 Å². The molecule has 0 bridgehead atoms. The number of anilines is 1. The number of carbonyl (C=O) groups excluding carboxylic acids is 1. The van der Waals surface area contributed by atoms with Crippen molar-refractivity contribution < 1.29 is 23.0 Å². The van der Waals surface area contributed by atoms with E-state index in [0.29, 0.717) is 43.9 Å². The predicted octanol–water partition coefficient (Wildman–Crippen LogP) is 5.71. The Bertz CT molecular complexity index is 1500. The van der Waals surface area contributed by atoms with Crippen molar-refractivity contribution >= 4 is 17.6 Å². The summed E-state index contributed by atoms with van der Waals surface area (Å²) in [5.41, 5.74) is 4.37. The van der Waals surface area contributed by atoms with Crippen LogP contribution in [0.15, 0.2) is 55.0 Å². The predicted molar refractivity (Wildman–Crippen MR) is 148 cm³/mol. The van der Waals surface area contributed by atoms with E-state index in [1.165, 1.54) is 7.11 Å². The first-order chi connectivity index (χ1) is 19.2. The molecular formula is C30H33F2N5O3. The molecule has 1 fully saturated rings. The third kappa shape index (κ3) is 5.22. The molecule has 10 heteroatoms. The van der Waals surface area contributed by atoms with Gasteiger partial charge < -0.3 is 18.8 Å². The lowest BCUT2D eigenvalue weighted by molar-refractivity contribution is -0.157.